The molecule has 228 valence electrons. The van der Waals surface area contributed by atoms with Crippen LogP contribution in [-0.4, -0.2) is 102 Å². The van der Waals surface area contributed by atoms with Crippen molar-refractivity contribution in [3.63, 3.8) is 0 Å². The lowest BCUT2D eigenvalue weighted by molar-refractivity contribution is -0.134. The predicted octanol–water partition coefficient (Wildman–Crippen LogP) is 0.850. The zero-order valence-corrected chi connectivity index (χ0v) is 24.4. The molecule has 12 heteroatoms. The number of carbonyl (C=O) groups excluding carboxylic acids is 4. The minimum absolute atomic E-state index is 0.128. The minimum Gasteiger partial charge on any atom is -0.379 e. The van der Waals surface area contributed by atoms with E-state index in [1.165, 1.54) is 0 Å². The fourth-order valence-electron chi connectivity index (χ4n) is 5.88. The highest BCUT2D eigenvalue weighted by molar-refractivity contribution is 5.98. The maximum Gasteiger partial charge on any atom is 0.243 e. The Morgan fingerprint density at radius 2 is 1.79 bits per heavy atom. The van der Waals surface area contributed by atoms with Gasteiger partial charge in [0.15, 0.2) is 5.78 Å². The molecule has 4 atom stereocenters. The summed E-state index contributed by atoms with van der Waals surface area (Å²) in [6.45, 7) is 6.31. The minimum atomic E-state index is -0.966. The summed E-state index contributed by atoms with van der Waals surface area (Å²) >= 11 is 0. The summed E-state index contributed by atoms with van der Waals surface area (Å²) in [5.41, 5.74) is 0.811. The number of ketones is 1. The molecule has 42 heavy (non-hydrogen) atoms. The van der Waals surface area contributed by atoms with Gasteiger partial charge in [-0.2, -0.15) is 5.10 Å². The number of nitrogens with zero attached hydrogens (tertiary/aromatic N) is 2. The molecule has 3 aliphatic rings. The lowest BCUT2D eigenvalue weighted by Crippen LogP contribution is -2.57. The second-order valence-electron chi connectivity index (χ2n) is 12.1. The Kier molecular flexibility index (Phi) is 9.54. The van der Waals surface area contributed by atoms with Crippen LogP contribution in [0.25, 0.3) is 10.9 Å². The van der Waals surface area contributed by atoms with E-state index in [2.05, 4.69) is 26.1 Å². The third-order valence-electron chi connectivity index (χ3n) is 8.59. The van der Waals surface area contributed by atoms with E-state index in [0.717, 1.165) is 42.1 Å². The van der Waals surface area contributed by atoms with Crippen LogP contribution >= 0.6 is 0 Å². The van der Waals surface area contributed by atoms with Crippen molar-refractivity contribution in [3.8, 4) is 0 Å². The summed E-state index contributed by atoms with van der Waals surface area (Å²) < 4.78 is 10.8. The first-order valence-electron chi connectivity index (χ1n) is 15.0. The van der Waals surface area contributed by atoms with Gasteiger partial charge < -0.3 is 25.4 Å². The van der Waals surface area contributed by atoms with Gasteiger partial charge in [-0.1, -0.05) is 31.7 Å². The number of H-pyrrole nitrogens is 1. The average molecular weight is 583 g/mol. The molecule has 0 bridgehead atoms. The fraction of sp³-hybridized carbons (Fsp3) is 0.633. The first-order valence-corrected chi connectivity index (χ1v) is 15.0. The molecule has 1 aliphatic carbocycles. The number of aromatic amines is 1. The van der Waals surface area contributed by atoms with Crippen LogP contribution in [0.4, 0.5) is 0 Å². The van der Waals surface area contributed by atoms with Gasteiger partial charge in [-0.05, 0) is 43.9 Å². The van der Waals surface area contributed by atoms with Crippen LogP contribution in [0.3, 0.4) is 0 Å². The number of hydrogen-bond acceptors (Lipinski definition) is 8. The number of ether oxygens (including phenoxy) is 2. The van der Waals surface area contributed by atoms with E-state index in [9.17, 15) is 19.2 Å². The van der Waals surface area contributed by atoms with Gasteiger partial charge >= 0.3 is 0 Å². The molecule has 12 nitrogen and oxygen atoms in total. The molecule has 0 spiro atoms. The molecule has 2 aromatic rings. The van der Waals surface area contributed by atoms with E-state index >= 15 is 0 Å². The van der Waals surface area contributed by atoms with E-state index in [-0.39, 0.29) is 24.7 Å². The molecule has 3 amide bonds. The predicted molar refractivity (Wildman–Crippen MR) is 154 cm³/mol. The molecule has 2 aliphatic heterocycles. The Bertz CT molecular complexity index is 1280. The van der Waals surface area contributed by atoms with E-state index < -0.39 is 35.5 Å². The maximum atomic E-state index is 13.8. The van der Waals surface area contributed by atoms with Crippen molar-refractivity contribution in [1.82, 2.24) is 31.0 Å². The Morgan fingerprint density at radius 3 is 2.50 bits per heavy atom. The quantitative estimate of drug-likeness (QED) is 0.253. The van der Waals surface area contributed by atoms with Gasteiger partial charge in [-0.3, -0.25) is 29.2 Å². The zero-order chi connectivity index (χ0) is 29.7. The van der Waals surface area contributed by atoms with Gasteiger partial charge in [0.1, 0.15) is 17.7 Å². The van der Waals surface area contributed by atoms with Crippen LogP contribution in [0.15, 0.2) is 24.4 Å². The van der Waals surface area contributed by atoms with Crippen molar-refractivity contribution in [3.05, 3.63) is 30.0 Å². The maximum absolute atomic E-state index is 13.8. The smallest absolute Gasteiger partial charge is 0.243 e. The summed E-state index contributed by atoms with van der Waals surface area (Å²) in [6, 6.07) is 3.14. The van der Waals surface area contributed by atoms with Gasteiger partial charge in [0.25, 0.3) is 0 Å². The SMILES string of the molecule is C[C@H](NC(=O)CN1CCOCC1)C(=O)N[C@@H](Cc1ccc2[nH]ncc2c1)C(=O)N[C@@H](CC1CCCC1)C(=O)[C@]1(C)CO1. The molecule has 5 rings (SSSR count). The summed E-state index contributed by atoms with van der Waals surface area (Å²) in [6.07, 6.45) is 6.76. The Balaban J connectivity index is 1.28. The van der Waals surface area contributed by atoms with Crippen LogP contribution < -0.4 is 16.0 Å². The van der Waals surface area contributed by atoms with E-state index in [4.69, 9.17) is 9.47 Å². The lowest BCUT2D eigenvalue weighted by Gasteiger charge is -2.27. The highest BCUT2D eigenvalue weighted by Crippen LogP contribution is 2.33. The number of rotatable bonds is 13. The number of morpholine rings is 1. The standard InChI is InChI=1S/C30H42N6O6/c1-19(32-26(37)17-36-9-11-41-12-10-36)28(39)34-25(15-21-7-8-23-22(13-21)16-31-35-23)29(40)33-24(14-20-5-3-4-6-20)27(38)30(2)18-42-30/h7-8,13,16,19-20,24-25H,3-6,9-12,14-15,17-18H2,1-2H3,(H,31,35)(H,32,37)(H,33,40)(H,34,39)/t19-,24-,25-,30-/m0/s1. The Hall–Kier alpha value is -3.35. The number of hydrogen-bond donors (Lipinski definition) is 4. The Labute approximate surface area is 245 Å². The van der Waals surface area contributed by atoms with Crippen LogP contribution in [-0.2, 0) is 35.1 Å². The number of nitrogens with one attached hydrogen (secondary N) is 4. The average Bonchev–Trinajstić information content (AvgIpc) is 3.32. The lowest BCUT2D eigenvalue weighted by atomic mass is 9.90. The van der Waals surface area contributed by atoms with Gasteiger partial charge in [0, 0.05) is 24.9 Å². The van der Waals surface area contributed by atoms with Gasteiger partial charge in [0.05, 0.1) is 44.1 Å². The fourth-order valence-corrected chi connectivity index (χ4v) is 5.88. The highest BCUT2D eigenvalue weighted by Gasteiger charge is 2.50. The Morgan fingerprint density at radius 1 is 1.07 bits per heavy atom. The molecule has 3 heterocycles. The molecule has 1 aromatic heterocycles. The van der Waals surface area contributed by atoms with Crippen molar-refractivity contribution in [2.45, 2.75) is 76.1 Å². The molecular formula is C30H42N6O6. The third kappa shape index (κ3) is 7.73. The van der Waals surface area contributed by atoms with Crippen molar-refractivity contribution in [2.75, 3.05) is 39.5 Å². The van der Waals surface area contributed by atoms with Crippen LogP contribution in [0.2, 0.25) is 0 Å². The van der Waals surface area contributed by atoms with Crippen LogP contribution in [0.1, 0.15) is 51.5 Å². The molecular weight excluding hydrogens is 540 g/mol. The van der Waals surface area contributed by atoms with Crippen molar-refractivity contribution < 1.29 is 28.7 Å². The van der Waals surface area contributed by atoms with Crippen molar-refractivity contribution >= 4 is 34.4 Å². The number of fused-ring (bicyclic) bond motifs is 1. The molecule has 0 radical (unpaired) electrons. The van der Waals surface area contributed by atoms with Crippen molar-refractivity contribution in [1.29, 1.82) is 0 Å². The molecule has 2 saturated heterocycles. The summed E-state index contributed by atoms with van der Waals surface area (Å²) in [4.78, 5) is 55.0. The van der Waals surface area contributed by atoms with Crippen molar-refractivity contribution in [2.24, 2.45) is 5.92 Å². The van der Waals surface area contributed by atoms with E-state index in [1.54, 1.807) is 20.0 Å². The summed E-state index contributed by atoms with van der Waals surface area (Å²) in [5.74, 6) is -0.962. The summed E-state index contributed by atoms with van der Waals surface area (Å²) in [5, 5.41) is 16.4. The highest BCUT2D eigenvalue weighted by atomic mass is 16.6. The molecule has 4 N–H and O–H groups in total. The van der Waals surface area contributed by atoms with Crippen LogP contribution in [0.5, 0.6) is 0 Å². The first kappa shape index (κ1) is 30.1. The number of epoxide rings is 1. The van der Waals surface area contributed by atoms with Gasteiger partial charge in [-0.15, -0.1) is 0 Å². The van der Waals surface area contributed by atoms with Gasteiger partial charge in [-0.25, -0.2) is 0 Å². The number of benzene rings is 1. The largest absolute Gasteiger partial charge is 0.379 e. The number of carbonyl (C=O) groups is 4. The second kappa shape index (κ2) is 13.3. The normalized spacial score (nSPS) is 23.2. The first-order chi connectivity index (χ1) is 20.2. The second-order valence-corrected chi connectivity index (χ2v) is 12.1. The molecule has 3 fully saturated rings. The number of aromatic nitrogens is 2. The van der Waals surface area contributed by atoms with Gasteiger partial charge in [0.2, 0.25) is 17.7 Å². The number of amides is 3. The van der Waals surface area contributed by atoms with E-state index in [1.807, 2.05) is 23.1 Å². The zero-order valence-electron chi connectivity index (χ0n) is 24.4. The molecule has 0 unspecified atom stereocenters. The molecule has 1 aromatic carbocycles. The summed E-state index contributed by atoms with van der Waals surface area (Å²) in [7, 11) is 0. The van der Waals surface area contributed by atoms with E-state index in [0.29, 0.717) is 45.2 Å². The topological polar surface area (TPSA) is 158 Å². The third-order valence-corrected chi connectivity index (χ3v) is 8.59. The van der Waals surface area contributed by atoms with Crippen LogP contribution in [0, 0.1) is 5.92 Å². The molecule has 1 saturated carbocycles. The number of Topliss-reactive ketones (excluding diaryl/α,β-unsaturated/α-hetero) is 1. The monoisotopic (exact) mass is 582 g/mol.